The maximum absolute atomic E-state index is 10.6. The molecule has 0 saturated heterocycles. The van der Waals surface area contributed by atoms with E-state index in [-0.39, 0.29) is 0 Å². The summed E-state index contributed by atoms with van der Waals surface area (Å²) in [5, 5.41) is 15.0. The number of hydrogen-bond acceptors (Lipinski definition) is 4. The van der Waals surface area contributed by atoms with Crippen molar-refractivity contribution in [2.24, 2.45) is 7.05 Å². The van der Waals surface area contributed by atoms with Crippen molar-refractivity contribution in [2.45, 2.75) is 19.4 Å². The first kappa shape index (κ1) is 15.5. The minimum Gasteiger partial charge on any atom is -0.491 e. The van der Waals surface area contributed by atoms with Crippen molar-refractivity contribution < 1.29 is 14.6 Å². The summed E-state index contributed by atoms with van der Waals surface area (Å²) in [6.07, 6.45) is 0.0774. The van der Waals surface area contributed by atoms with Crippen molar-refractivity contribution in [3.8, 4) is 5.75 Å². The van der Waals surface area contributed by atoms with Crippen molar-refractivity contribution in [1.82, 2.24) is 9.78 Å². The standard InChI is InChI=1S/C16H22N2O3/c1-4-12-11-14(18(2)17-12)16(19)13-7-5-6-8-15(13)21-10-9-20-3/h5-8,11,16,19H,4,9-10H2,1-3H3. The molecule has 0 amide bonds. The van der Waals surface area contributed by atoms with Crippen LogP contribution in [-0.4, -0.2) is 35.2 Å². The molecule has 2 aromatic rings. The second-order valence-corrected chi connectivity index (χ2v) is 4.82. The SMILES string of the molecule is CCc1cc(C(O)c2ccccc2OCCOC)n(C)n1. The van der Waals surface area contributed by atoms with Crippen LogP contribution in [0, 0.1) is 0 Å². The third kappa shape index (κ3) is 3.62. The number of nitrogens with zero attached hydrogens (tertiary/aromatic N) is 2. The Kier molecular flexibility index (Phi) is 5.36. The van der Waals surface area contributed by atoms with E-state index in [1.165, 1.54) is 0 Å². The first-order chi connectivity index (χ1) is 10.2. The van der Waals surface area contributed by atoms with Crippen LogP contribution in [0.2, 0.25) is 0 Å². The lowest BCUT2D eigenvalue weighted by atomic mass is 10.0. The Hall–Kier alpha value is -1.85. The van der Waals surface area contributed by atoms with Crippen molar-refractivity contribution in [1.29, 1.82) is 0 Å². The smallest absolute Gasteiger partial charge is 0.125 e. The monoisotopic (exact) mass is 290 g/mol. The zero-order valence-electron chi connectivity index (χ0n) is 12.7. The highest BCUT2D eigenvalue weighted by atomic mass is 16.5. The summed E-state index contributed by atoms with van der Waals surface area (Å²) in [7, 11) is 3.47. The number of methoxy groups -OCH3 is 1. The molecule has 0 spiro atoms. The normalized spacial score (nSPS) is 12.4. The quantitative estimate of drug-likeness (QED) is 0.793. The van der Waals surface area contributed by atoms with Gasteiger partial charge in [0.2, 0.25) is 0 Å². The van der Waals surface area contributed by atoms with Gasteiger partial charge in [0.15, 0.2) is 0 Å². The molecule has 1 unspecified atom stereocenters. The fourth-order valence-electron chi connectivity index (χ4n) is 2.20. The molecule has 1 heterocycles. The largest absolute Gasteiger partial charge is 0.491 e. The lowest BCUT2D eigenvalue weighted by Gasteiger charge is -2.16. The number of aryl methyl sites for hydroxylation is 2. The summed E-state index contributed by atoms with van der Waals surface area (Å²) in [5.41, 5.74) is 2.46. The molecular weight excluding hydrogens is 268 g/mol. The number of aromatic nitrogens is 2. The highest BCUT2D eigenvalue weighted by Crippen LogP contribution is 2.30. The second kappa shape index (κ2) is 7.24. The van der Waals surface area contributed by atoms with Gasteiger partial charge in [0.1, 0.15) is 18.5 Å². The molecule has 21 heavy (non-hydrogen) atoms. The summed E-state index contributed by atoms with van der Waals surface area (Å²) >= 11 is 0. The number of rotatable bonds is 7. The number of aliphatic hydroxyl groups excluding tert-OH is 1. The lowest BCUT2D eigenvalue weighted by molar-refractivity contribution is 0.142. The Balaban J connectivity index is 2.25. The van der Waals surface area contributed by atoms with Gasteiger partial charge in [0.25, 0.3) is 0 Å². The van der Waals surface area contributed by atoms with Crippen LogP contribution in [-0.2, 0) is 18.2 Å². The molecule has 5 nitrogen and oxygen atoms in total. The highest BCUT2D eigenvalue weighted by molar-refractivity contribution is 5.39. The fraction of sp³-hybridized carbons (Fsp3) is 0.438. The molecule has 0 aliphatic carbocycles. The average molecular weight is 290 g/mol. The van der Waals surface area contributed by atoms with Crippen LogP contribution in [0.1, 0.15) is 30.0 Å². The van der Waals surface area contributed by atoms with Crippen LogP contribution < -0.4 is 4.74 Å². The predicted molar refractivity (Wildman–Crippen MR) is 80.5 cm³/mol. The maximum atomic E-state index is 10.6. The van der Waals surface area contributed by atoms with E-state index in [4.69, 9.17) is 9.47 Å². The van der Waals surface area contributed by atoms with E-state index >= 15 is 0 Å². The summed E-state index contributed by atoms with van der Waals surface area (Å²) < 4.78 is 12.4. The summed E-state index contributed by atoms with van der Waals surface area (Å²) in [6.45, 7) is 3.00. The van der Waals surface area contributed by atoms with Gasteiger partial charge in [-0.1, -0.05) is 25.1 Å². The van der Waals surface area contributed by atoms with Crippen LogP contribution in [0.4, 0.5) is 0 Å². The Morgan fingerprint density at radius 2 is 2.05 bits per heavy atom. The Morgan fingerprint density at radius 3 is 2.71 bits per heavy atom. The van der Waals surface area contributed by atoms with Gasteiger partial charge in [-0.05, 0) is 18.6 Å². The molecule has 2 rings (SSSR count). The van der Waals surface area contributed by atoms with E-state index in [1.807, 2.05) is 44.3 Å². The first-order valence-electron chi connectivity index (χ1n) is 7.09. The van der Waals surface area contributed by atoms with E-state index in [1.54, 1.807) is 11.8 Å². The highest BCUT2D eigenvalue weighted by Gasteiger charge is 2.19. The first-order valence-corrected chi connectivity index (χ1v) is 7.09. The third-order valence-electron chi connectivity index (χ3n) is 3.37. The Bertz CT molecular complexity index is 581. The minimum absolute atomic E-state index is 0.450. The predicted octanol–water partition coefficient (Wildman–Crippen LogP) is 2.09. The van der Waals surface area contributed by atoms with E-state index in [9.17, 15) is 5.11 Å². The molecule has 0 saturated carbocycles. The van der Waals surface area contributed by atoms with E-state index in [2.05, 4.69) is 5.10 Å². The molecule has 114 valence electrons. The Labute approximate surface area is 125 Å². The zero-order chi connectivity index (χ0) is 15.2. The number of benzene rings is 1. The van der Waals surface area contributed by atoms with Gasteiger partial charge in [-0.15, -0.1) is 0 Å². The molecule has 1 aromatic heterocycles. The van der Waals surface area contributed by atoms with Crippen LogP contribution in [0.15, 0.2) is 30.3 Å². The molecule has 0 bridgehead atoms. The van der Waals surface area contributed by atoms with Crippen molar-refractivity contribution >= 4 is 0 Å². The summed E-state index contributed by atoms with van der Waals surface area (Å²) in [6, 6.07) is 9.42. The third-order valence-corrected chi connectivity index (χ3v) is 3.37. The van der Waals surface area contributed by atoms with Crippen molar-refractivity contribution in [3.05, 3.63) is 47.3 Å². The van der Waals surface area contributed by atoms with Gasteiger partial charge >= 0.3 is 0 Å². The summed E-state index contributed by atoms with van der Waals surface area (Å²) in [5.74, 6) is 0.668. The van der Waals surface area contributed by atoms with Crippen LogP contribution in [0.5, 0.6) is 5.75 Å². The average Bonchev–Trinajstić information content (AvgIpc) is 2.88. The van der Waals surface area contributed by atoms with Crippen molar-refractivity contribution in [2.75, 3.05) is 20.3 Å². The minimum atomic E-state index is -0.762. The zero-order valence-corrected chi connectivity index (χ0v) is 12.7. The van der Waals surface area contributed by atoms with Gasteiger partial charge in [-0.25, -0.2) is 0 Å². The van der Waals surface area contributed by atoms with Crippen LogP contribution >= 0.6 is 0 Å². The maximum Gasteiger partial charge on any atom is 0.125 e. The molecule has 5 heteroatoms. The van der Waals surface area contributed by atoms with Gasteiger partial charge in [-0.3, -0.25) is 4.68 Å². The number of para-hydroxylation sites is 1. The number of hydrogen-bond donors (Lipinski definition) is 1. The van der Waals surface area contributed by atoms with Crippen LogP contribution in [0.25, 0.3) is 0 Å². The molecule has 1 atom stereocenters. The molecule has 0 aliphatic rings. The number of ether oxygens (including phenoxy) is 2. The lowest BCUT2D eigenvalue weighted by Crippen LogP contribution is -2.10. The van der Waals surface area contributed by atoms with Crippen molar-refractivity contribution in [3.63, 3.8) is 0 Å². The van der Waals surface area contributed by atoms with Gasteiger partial charge in [-0.2, -0.15) is 5.10 Å². The number of aliphatic hydroxyl groups is 1. The molecule has 0 aliphatic heterocycles. The van der Waals surface area contributed by atoms with Gasteiger partial charge < -0.3 is 14.6 Å². The van der Waals surface area contributed by atoms with Gasteiger partial charge in [0.05, 0.1) is 18.0 Å². The molecule has 1 N–H and O–H groups in total. The summed E-state index contributed by atoms with van der Waals surface area (Å²) in [4.78, 5) is 0. The Morgan fingerprint density at radius 1 is 1.29 bits per heavy atom. The van der Waals surface area contributed by atoms with Crippen LogP contribution in [0.3, 0.4) is 0 Å². The van der Waals surface area contributed by atoms with Gasteiger partial charge in [0, 0.05) is 19.7 Å². The van der Waals surface area contributed by atoms with E-state index < -0.39 is 6.10 Å². The second-order valence-electron chi connectivity index (χ2n) is 4.82. The fourth-order valence-corrected chi connectivity index (χ4v) is 2.20. The molecular formula is C16H22N2O3. The molecule has 0 radical (unpaired) electrons. The van der Waals surface area contributed by atoms with E-state index in [0.717, 1.165) is 23.4 Å². The topological polar surface area (TPSA) is 56.5 Å². The molecule has 1 aromatic carbocycles. The van der Waals surface area contributed by atoms with E-state index in [0.29, 0.717) is 19.0 Å². The molecule has 0 fully saturated rings.